The quantitative estimate of drug-likeness (QED) is 0.903. The third-order valence-corrected chi connectivity index (χ3v) is 4.79. The zero-order valence-electron chi connectivity index (χ0n) is 9.13. The van der Waals surface area contributed by atoms with E-state index >= 15 is 0 Å². The molecule has 1 aromatic rings. The lowest BCUT2D eigenvalue weighted by Gasteiger charge is -2.21. The highest BCUT2D eigenvalue weighted by molar-refractivity contribution is 9.10. The van der Waals surface area contributed by atoms with Gasteiger partial charge in [-0.15, -0.1) is 11.8 Å². The molecular formula is C12H14BrNOS. The van der Waals surface area contributed by atoms with E-state index in [1.807, 2.05) is 31.2 Å². The van der Waals surface area contributed by atoms with Crippen LogP contribution in [0.5, 0.6) is 0 Å². The van der Waals surface area contributed by atoms with E-state index in [1.165, 1.54) is 0 Å². The summed E-state index contributed by atoms with van der Waals surface area (Å²) in [6.07, 6.45) is 2.10. The van der Waals surface area contributed by atoms with E-state index < -0.39 is 0 Å². The summed E-state index contributed by atoms with van der Waals surface area (Å²) in [6, 6.07) is 7.69. The van der Waals surface area contributed by atoms with Gasteiger partial charge in [-0.1, -0.05) is 22.0 Å². The lowest BCUT2D eigenvalue weighted by atomic mass is 10.0. The van der Waals surface area contributed by atoms with Crippen molar-refractivity contribution >= 4 is 39.3 Å². The first-order chi connectivity index (χ1) is 7.60. The van der Waals surface area contributed by atoms with E-state index in [9.17, 15) is 4.79 Å². The van der Waals surface area contributed by atoms with Crippen LogP contribution in [0.15, 0.2) is 28.7 Å². The molecule has 1 N–H and O–H groups in total. The Labute approximate surface area is 108 Å². The van der Waals surface area contributed by atoms with Crippen molar-refractivity contribution in [3.63, 3.8) is 0 Å². The molecule has 1 aliphatic heterocycles. The SMILES string of the molecule is CC1(C(=O)Nc2cccc(Br)c2)CCCS1. The van der Waals surface area contributed by atoms with Gasteiger partial charge >= 0.3 is 0 Å². The zero-order chi connectivity index (χ0) is 11.6. The van der Waals surface area contributed by atoms with Crippen molar-refractivity contribution < 1.29 is 4.79 Å². The van der Waals surface area contributed by atoms with Gasteiger partial charge in [0.05, 0.1) is 4.75 Å². The number of halogens is 1. The molecule has 1 heterocycles. The molecule has 0 saturated carbocycles. The van der Waals surface area contributed by atoms with Gasteiger partial charge in [0.25, 0.3) is 0 Å². The fourth-order valence-electron chi connectivity index (χ4n) is 1.79. The van der Waals surface area contributed by atoms with Gasteiger partial charge < -0.3 is 5.32 Å². The predicted molar refractivity (Wildman–Crippen MR) is 72.9 cm³/mol. The van der Waals surface area contributed by atoms with E-state index in [1.54, 1.807) is 11.8 Å². The number of anilines is 1. The first kappa shape index (κ1) is 12.0. The summed E-state index contributed by atoms with van der Waals surface area (Å²) in [5.41, 5.74) is 0.855. The predicted octanol–water partition coefficient (Wildman–Crippen LogP) is 3.67. The van der Waals surface area contributed by atoms with Crippen LogP contribution in [-0.2, 0) is 4.79 Å². The Morgan fingerprint density at radius 1 is 1.56 bits per heavy atom. The second kappa shape index (κ2) is 4.80. The standard InChI is InChI=1S/C12H14BrNOS/c1-12(6-3-7-16-12)11(15)14-10-5-2-4-9(13)8-10/h2,4-5,8H,3,6-7H2,1H3,(H,14,15). The van der Waals surface area contributed by atoms with Crippen LogP contribution in [0, 0.1) is 0 Å². The number of rotatable bonds is 2. The summed E-state index contributed by atoms with van der Waals surface area (Å²) in [4.78, 5) is 12.1. The highest BCUT2D eigenvalue weighted by atomic mass is 79.9. The molecular weight excluding hydrogens is 286 g/mol. The Bertz CT molecular complexity index is 402. The second-order valence-corrected chi connectivity index (χ2v) is 6.66. The topological polar surface area (TPSA) is 29.1 Å². The Morgan fingerprint density at radius 3 is 3.00 bits per heavy atom. The van der Waals surface area contributed by atoms with Gasteiger partial charge in [-0.3, -0.25) is 4.79 Å². The molecule has 0 aromatic heterocycles. The number of carbonyl (C=O) groups excluding carboxylic acids is 1. The second-order valence-electron chi connectivity index (χ2n) is 4.15. The number of benzene rings is 1. The van der Waals surface area contributed by atoms with E-state index in [0.717, 1.165) is 28.8 Å². The summed E-state index contributed by atoms with van der Waals surface area (Å²) < 4.78 is 0.733. The molecule has 2 nitrogen and oxygen atoms in total. The maximum absolute atomic E-state index is 12.1. The Morgan fingerprint density at radius 2 is 2.38 bits per heavy atom. The van der Waals surface area contributed by atoms with Gasteiger partial charge in [0.2, 0.25) is 5.91 Å². The van der Waals surface area contributed by atoms with Gasteiger partial charge in [-0.05, 0) is 43.7 Å². The smallest absolute Gasteiger partial charge is 0.240 e. The molecule has 1 aliphatic rings. The summed E-state index contributed by atoms with van der Waals surface area (Å²) in [6.45, 7) is 2.03. The van der Waals surface area contributed by atoms with Crippen molar-refractivity contribution in [2.75, 3.05) is 11.1 Å². The molecule has 1 atom stereocenters. The maximum Gasteiger partial charge on any atom is 0.240 e. The van der Waals surface area contributed by atoms with Crippen molar-refractivity contribution in [1.29, 1.82) is 0 Å². The molecule has 4 heteroatoms. The highest BCUT2D eigenvalue weighted by Gasteiger charge is 2.37. The van der Waals surface area contributed by atoms with Crippen molar-refractivity contribution in [3.8, 4) is 0 Å². The van der Waals surface area contributed by atoms with Crippen molar-refractivity contribution in [2.24, 2.45) is 0 Å². The minimum atomic E-state index is -0.248. The lowest BCUT2D eigenvalue weighted by Crippen LogP contribution is -2.34. The van der Waals surface area contributed by atoms with Crippen LogP contribution in [0.2, 0.25) is 0 Å². The first-order valence-corrected chi connectivity index (χ1v) is 7.09. The van der Waals surface area contributed by atoms with Crippen LogP contribution >= 0.6 is 27.7 Å². The van der Waals surface area contributed by atoms with Crippen LogP contribution in [0.4, 0.5) is 5.69 Å². The van der Waals surface area contributed by atoms with E-state index in [0.29, 0.717) is 0 Å². The monoisotopic (exact) mass is 299 g/mol. The highest BCUT2D eigenvalue weighted by Crippen LogP contribution is 2.38. The van der Waals surface area contributed by atoms with Crippen LogP contribution in [0.3, 0.4) is 0 Å². The molecule has 16 heavy (non-hydrogen) atoms. The summed E-state index contributed by atoms with van der Waals surface area (Å²) in [5.74, 6) is 1.20. The molecule has 1 fully saturated rings. The Balaban J connectivity index is 2.07. The number of amides is 1. The fourth-order valence-corrected chi connectivity index (χ4v) is 3.40. The normalized spacial score (nSPS) is 24.4. The van der Waals surface area contributed by atoms with Crippen LogP contribution in [0.1, 0.15) is 19.8 Å². The van der Waals surface area contributed by atoms with E-state index in [-0.39, 0.29) is 10.7 Å². The fraction of sp³-hybridized carbons (Fsp3) is 0.417. The number of hydrogen-bond donors (Lipinski definition) is 1. The van der Waals surface area contributed by atoms with Crippen LogP contribution < -0.4 is 5.32 Å². The summed E-state index contributed by atoms with van der Waals surface area (Å²) in [5, 5.41) is 2.98. The largest absolute Gasteiger partial charge is 0.325 e. The minimum absolute atomic E-state index is 0.119. The average molecular weight is 300 g/mol. The molecule has 1 amide bonds. The Kier molecular flexibility index (Phi) is 3.60. The van der Waals surface area contributed by atoms with Gasteiger partial charge in [0.1, 0.15) is 0 Å². The third kappa shape index (κ3) is 2.61. The molecule has 0 radical (unpaired) electrons. The first-order valence-electron chi connectivity index (χ1n) is 5.31. The van der Waals surface area contributed by atoms with Gasteiger partial charge in [-0.25, -0.2) is 0 Å². The zero-order valence-corrected chi connectivity index (χ0v) is 11.5. The Hall–Kier alpha value is -0.480. The van der Waals surface area contributed by atoms with Crippen molar-refractivity contribution in [3.05, 3.63) is 28.7 Å². The minimum Gasteiger partial charge on any atom is -0.325 e. The van der Waals surface area contributed by atoms with Crippen molar-refractivity contribution in [2.45, 2.75) is 24.5 Å². The van der Waals surface area contributed by atoms with Crippen LogP contribution in [-0.4, -0.2) is 16.4 Å². The molecule has 0 aliphatic carbocycles. The summed E-state index contributed by atoms with van der Waals surface area (Å²) in [7, 11) is 0. The maximum atomic E-state index is 12.1. The molecule has 1 aromatic carbocycles. The average Bonchev–Trinajstić information content (AvgIpc) is 2.66. The number of thioether (sulfide) groups is 1. The molecule has 1 saturated heterocycles. The number of carbonyl (C=O) groups is 1. The molecule has 2 rings (SSSR count). The van der Waals surface area contributed by atoms with Crippen LogP contribution in [0.25, 0.3) is 0 Å². The number of hydrogen-bond acceptors (Lipinski definition) is 2. The van der Waals surface area contributed by atoms with E-state index in [2.05, 4.69) is 21.2 Å². The molecule has 86 valence electrons. The third-order valence-electron chi connectivity index (χ3n) is 2.78. The lowest BCUT2D eigenvalue weighted by molar-refractivity contribution is -0.118. The molecule has 0 bridgehead atoms. The summed E-state index contributed by atoms with van der Waals surface area (Å²) >= 11 is 5.14. The molecule has 0 spiro atoms. The molecule has 1 unspecified atom stereocenters. The number of nitrogens with one attached hydrogen (secondary N) is 1. The van der Waals surface area contributed by atoms with Gasteiger partial charge in [0.15, 0.2) is 0 Å². The van der Waals surface area contributed by atoms with E-state index in [4.69, 9.17) is 0 Å². The van der Waals surface area contributed by atoms with Gasteiger partial charge in [-0.2, -0.15) is 0 Å². The van der Waals surface area contributed by atoms with Gasteiger partial charge in [0, 0.05) is 10.2 Å². The van der Waals surface area contributed by atoms with Crippen molar-refractivity contribution in [1.82, 2.24) is 0 Å².